The number of carbonyl (C=O) groups is 2. The number of likely N-dealkylation sites (tertiary alicyclic amines) is 1. The Morgan fingerprint density at radius 1 is 1.21 bits per heavy atom. The van der Waals surface area contributed by atoms with Crippen LogP contribution in [0.4, 0.5) is 4.79 Å². The number of urea groups is 1. The fourth-order valence-electron chi connectivity index (χ4n) is 4.10. The Morgan fingerprint density at radius 2 is 1.93 bits per heavy atom. The van der Waals surface area contributed by atoms with Crippen LogP contribution in [0.25, 0.3) is 0 Å². The molecule has 2 saturated heterocycles. The molecule has 2 aliphatic rings. The first-order valence-electron chi connectivity index (χ1n) is 10.5. The number of carbonyl (C=O) groups excluding carboxylic acids is 2. The fraction of sp³-hybridized carbons (Fsp3) is 0.667. The van der Waals surface area contributed by atoms with Gasteiger partial charge in [-0.2, -0.15) is 0 Å². The van der Waals surface area contributed by atoms with E-state index in [1.807, 2.05) is 17.0 Å². The zero-order chi connectivity index (χ0) is 19.8. The van der Waals surface area contributed by atoms with E-state index in [0.717, 1.165) is 37.7 Å². The second kappa shape index (κ2) is 10.4. The smallest absolute Gasteiger partial charge is 0.317 e. The highest BCUT2D eigenvalue weighted by atomic mass is 16.5. The molecule has 0 aliphatic carbocycles. The third-order valence-corrected chi connectivity index (χ3v) is 5.63. The van der Waals surface area contributed by atoms with Gasteiger partial charge in [0.1, 0.15) is 0 Å². The van der Waals surface area contributed by atoms with Crippen LogP contribution < -0.4 is 5.32 Å². The van der Waals surface area contributed by atoms with E-state index in [-0.39, 0.29) is 24.0 Å². The number of ether oxygens (including phenoxy) is 1. The Balaban J connectivity index is 1.57. The number of nitrogens with zero attached hydrogens (tertiary/aromatic N) is 3. The molecule has 2 aliphatic heterocycles. The standard InChI is InChI=1S/C21H32N4O3/c1-2-9-23-21(27)25(19-7-13-28-14-8-19)18-5-11-24(12-6-18)20(26)15-17-4-3-10-22-16-17/h3-4,10,16,18-19H,2,5-9,11-15H2,1H3,(H,23,27). The summed E-state index contributed by atoms with van der Waals surface area (Å²) in [4.78, 5) is 33.5. The molecule has 2 fully saturated rings. The highest BCUT2D eigenvalue weighted by Crippen LogP contribution is 2.24. The van der Waals surface area contributed by atoms with Crippen molar-refractivity contribution in [3.63, 3.8) is 0 Å². The first kappa shape index (κ1) is 20.6. The fourth-order valence-corrected chi connectivity index (χ4v) is 4.10. The van der Waals surface area contributed by atoms with Gasteiger partial charge in [0.05, 0.1) is 6.42 Å². The van der Waals surface area contributed by atoms with Crippen molar-refractivity contribution in [3.8, 4) is 0 Å². The average molecular weight is 389 g/mol. The number of rotatable bonds is 6. The lowest BCUT2D eigenvalue weighted by molar-refractivity contribution is -0.132. The molecule has 7 nitrogen and oxygen atoms in total. The summed E-state index contributed by atoms with van der Waals surface area (Å²) in [5.41, 5.74) is 0.942. The van der Waals surface area contributed by atoms with E-state index in [0.29, 0.717) is 39.3 Å². The minimum atomic E-state index is 0.0360. The number of aromatic nitrogens is 1. The Labute approximate surface area is 167 Å². The zero-order valence-corrected chi connectivity index (χ0v) is 16.8. The Hall–Kier alpha value is -2.15. The van der Waals surface area contributed by atoms with Gasteiger partial charge in [-0.05, 0) is 43.7 Å². The molecular formula is C21H32N4O3. The molecule has 7 heteroatoms. The van der Waals surface area contributed by atoms with Crippen LogP contribution in [0.5, 0.6) is 0 Å². The molecule has 3 amide bonds. The van der Waals surface area contributed by atoms with Crippen molar-refractivity contribution in [2.75, 3.05) is 32.8 Å². The second-order valence-electron chi connectivity index (χ2n) is 7.63. The van der Waals surface area contributed by atoms with Crippen molar-refractivity contribution >= 4 is 11.9 Å². The molecule has 1 aromatic rings. The molecular weight excluding hydrogens is 356 g/mol. The van der Waals surface area contributed by atoms with E-state index < -0.39 is 0 Å². The van der Waals surface area contributed by atoms with Crippen LogP contribution in [0.3, 0.4) is 0 Å². The molecule has 1 aromatic heterocycles. The molecule has 0 atom stereocenters. The van der Waals surface area contributed by atoms with E-state index in [2.05, 4.69) is 22.1 Å². The van der Waals surface area contributed by atoms with Crippen molar-refractivity contribution < 1.29 is 14.3 Å². The SMILES string of the molecule is CCCNC(=O)N(C1CCOCC1)C1CCN(C(=O)Cc2cccnc2)CC1. The van der Waals surface area contributed by atoms with Crippen LogP contribution in [-0.2, 0) is 16.0 Å². The van der Waals surface area contributed by atoms with Crippen LogP contribution in [0.1, 0.15) is 44.6 Å². The van der Waals surface area contributed by atoms with Gasteiger partial charge in [-0.1, -0.05) is 13.0 Å². The number of hydrogen-bond donors (Lipinski definition) is 1. The summed E-state index contributed by atoms with van der Waals surface area (Å²) in [5.74, 6) is 0.138. The van der Waals surface area contributed by atoms with E-state index in [9.17, 15) is 9.59 Å². The lowest BCUT2D eigenvalue weighted by atomic mass is 9.98. The van der Waals surface area contributed by atoms with Crippen molar-refractivity contribution in [2.24, 2.45) is 0 Å². The maximum Gasteiger partial charge on any atom is 0.317 e. The lowest BCUT2D eigenvalue weighted by Gasteiger charge is -2.43. The maximum absolute atomic E-state index is 12.8. The van der Waals surface area contributed by atoms with Gasteiger partial charge >= 0.3 is 6.03 Å². The van der Waals surface area contributed by atoms with Gasteiger partial charge in [0.25, 0.3) is 0 Å². The van der Waals surface area contributed by atoms with E-state index >= 15 is 0 Å². The van der Waals surface area contributed by atoms with Gasteiger partial charge in [-0.25, -0.2) is 4.79 Å². The van der Waals surface area contributed by atoms with Gasteiger partial charge in [0.15, 0.2) is 0 Å². The first-order chi connectivity index (χ1) is 13.7. The molecule has 0 bridgehead atoms. The summed E-state index contributed by atoms with van der Waals surface area (Å²) in [6.45, 7) is 5.58. The molecule has 154 valence electrons. The third kappa shape index (κ3) is 5.44. The Bertz CT molecular complexity index is 626. The molecule has 0 radical (unpaired) electrons. The number of nitrogens with one attached hydrogen (secondary N) is 1. The van der Waals surface area contributed by atoms with Gasteiger partial charge in [-0.3, -0.25) is 9.78 Å². The molecule has 3 heterocycles. The van der Waals surface area contributed by atoms with Crippen LogP contribution >= 0.6 is 0 Å². The van der Waals surface area contributed by atoms with Gasteiger partial charge in [0.2, 0.25) is 5.91 Å². The molecule has 0 unspecified atom stereocenters. The van der Waals surface area contributed by atoms with Crippen molar-refractivity contribution in [2.45, 2.75) is 57.5 Å². The first-order valence-corrected chi connectivity index (χ1v) is 10.5. The van der Waals surface area contributed by atoms with Crippen LogP contribution in [-0.4, -0.2) is 71.7 Å². The summed E-state index contributed by atoms with van der Waals surface area (Å²) in [6, 6.07) is 4.24. The van der Waals surface area contributed by atoms with Crippen molar-refractivity contribution in [1.82, 2.24) is 20.1 Å². The number of pyridine rings is 1. The predicted molar refractivity (Wildman–Crippen MR) is 107 cm³/mol. The van der Waals surface area contributed by atoms with Crippen LogP contribution in [0.15, 0.2) is 24.5 Å². The normalized spacial score (nSPS) is 18.7. The molecule has 0 saturated carbocycles. The topological polar surface area (TPSA) is 74.8 Å². The summed E-state index contributed by atoms with van der Waals surface area (Å²) < 4.78 is 5.49. The molecule has 28 heavy (non-hydrogen) atoms. The maximum atomic E-state index is 12.8. The largest absolute Gasteiger partial charge is 0.381 e. The highest BCUT2D eigenvalue weighted by Gasteiger charge is 2.34. The number of piperidine rings is 1. The number of hydrogen-bond acceptors (Lipinski definition) is 4. The quantitative estimate of drug-likeness (QED) is 0.811. The summed E-state index contributed by atoms with van der Waals surface area (Å²) >= 11 is 0. The minimum Gasteiger partial charge on any atom is -0.381 e. The predicted octanol–water partition coefficient (Wildman–Crippen LogP) is 2.22. The van der Waals surface area contributed by atoms with E-state index in [1.165, 1.54) is 0 Å². The molecule has 1 N–H and O–H groups in total. The van der Waals surface area contributed by atoms with Crippen molar-refractivity contribution in [1.29, 1.82) is 0 Å². The summed E-state index contributed by atoms with van der Waals surface area (Å²) in [5, 5.41) is 3.05. The Morgan fingerprint density at radius 3 is 2.57 bits per heavy atom. The van der Waals surface area contributed by atoms with Crippen LogP contribution in [0.2, 0.25) is 0 Å². The molecule has 3 rings (SSSR count). The Kier molecular flexibility index (Phi) is 7.65. The second-order valence-corrected chi connectivity index (χ2v) is 7.63. The zero-order valence-electron chi connectivity index (χ0n) is 16.8. The van der Waals surface area contributed by atoms with E-state index in [4.69, 9.17) is 4.74 Å². The van der Waals surface area contributed by atoms with Crippen LogP contribution in [0, 0.1) is 0 Å². The van der Waals surface area contributed by atoms with Gasteiger partial charge < -0.3 is 19.9 Å². The number of amides is 3. The highest BCUT2D eigenvalue weighted by molar-refractivity contribution is 5.79. The average Bonchev–Trinajstić information content (AvgIpc) is 2.74. The lowest BCUT2D eigenvalue weighted by Crippen LogP contribution is -2.56. The van der Waals surface area contributed by atoms with Gasteiger partial charge in [-0.15, -0.1) is 0 Å². The minimum absolute atomic E-state index is 0.0360. The summed E-state index contributed by atoms with van der Waals surface area (Å²) in [6.07, 6.45) is 8.21. The molecule has 0 aromatic carbocycles. The molecule has 0 spiro atoms. The van der Waals surface area contributed by atoms with Crippen molar-refractivity contribution in [3.05, 3.63) is 30.1 Å². The third-order valence-electron chi connectivity index (χ3n) is 5.63. The van der Waals surface area contributed by atoms with E-state index in [1.54, 1.807) is 12.4 Å². The monoisotopic (exact) mass is 388 g/mol. The van der Waals surface area contributed by atoms with Gasteiger partial charge in [0, 0.05) is 57.3 Å². The summed E-state index contributed by atoms with van der Waals surface area (Å²) in [7, 11) is 0.